The number of hydrogen-bond donors (Lipinski definition) is 3. The van der Waals surface area contributed by atoms with E-state index in [9.17, 15) is 23.1 Å². The summed E-state index contributed by atoms with van der Waals surface area (Å²) in [5.74, 6) is -1.55. The number of aliphatic carboxylic acids is 1. The van der Waals surface area contributed by atoms with Crippen LogP contribution in [0.15, 0.2) is 54.2 Å². The van der Waals surface area contributed by atoms with E-state index in [4.69, 9.17) is 23.2 Å². The highest BCUT2D eigenvalue weighted by molar-refractivity contribution is 7.87. The summed E-state index contributed by atoms with van der Waals surface area (Å²) in [5.41, 5.74) is 1.06. The number of nitrogens with zero attached hydrogens (tertiary/aromatic N) is 2. The number of aromatic nitrogens is 1. The number of anilines is 1. The standard InChI is InChI=1S/C25H28Cl2N4O5S2/c1-16(2)9-10-31(15-19-4-3-11-37-19)38(35,36)30-22(25(33)34)12-17-5-7-18(8-6-17)29-24(32)23-20(26)13-28-14-21(23)27/h3-8,11,13-14,16,22,30H,9-10,12,15H2,1-2H3,(H,29,32)(H,33,34)/t22-/m0/s1. The normalized spacial score (nSPS) is 12.6. The van der Waals surface area contributed by atoms with Crippen LogP contribution in [0, 0.1) is 5.92 Å². The summed E-state index contributed by atoms with van der Waals surface area (Å²) in [5, 5.41) is 14.5. The quantitative estimate of drug-likeness (QED) is 0.251. The summed E-state index contributed by atoms with van der Waals surface area (Å²) in [6.07, 6.45) is 3.15. The first-order valence-electron chi connectivity index (χ1n) is 11.7. The van der Waals surface area contributed by atoms with E-state index in [2.05, 4.69) is 15.0 Å². The van der Waals surface area contributed by atoms with E-state index in [1.54, 1.807) is 24.3 Å². The third-order valence-electron chi connectivity index (χ3n) is 5.53. The molecule has 0 spiro atoms. The van der Waals surface area contributed by atoms with Gasteiger partial charge >= 0.3 is 5.97 Å². The predicted octanol–water partition coefficient (Wildman–Crippen LogP) is 5.08. The summed E-state index contributed by atoms with van der Waals surface area (Å²) in [6.45, 7) is 4.41. The molecule has 13 heteroatoms. The van der Waals surface area contributed by atoms with Crippen LogP contribution in [0.5, 0.6) is 0 Å². The summed E-state index contributed by atoms with van der Waals surface area (Å²) >= 11 is 13.5. The minimum atomic E-state index is -4.10. The number of carboxylic acid groups (broad SMARTS) is 1. The number of carbonyl (C=O) groups excluding carboxylic acids is 1. The van der Waals surface area contributed by atoms with Crippen LogP contribution in [0.2, 0.25) is 10.0 Å². The molecule has 2 aromatic heterocycles. The summed E-state index contributed by atoms with van der Waals surface area (Å²) in [7, 11) is -4.10. The fourth-order valence-electron chi connectivity index (χ4n) is 3.48. The van der Waals surface area contributed by atoms with Gasteiger partial charge in [0.15, 0.2) is 0 Å². The Labute approximate surface area is 236 Å². The van der Waals surface area contributed by atoms with Gasteiger partial charge in [0.25, 0.3) is 16.1 Å². The lowest BCUT2D eigenvalue weighted by Crippen LogP contribution is -2.49. The molecule has 1 amide bonds. The zero-order chi connectivity index (χ0) is 27.9. The Morgan fingerprint density at radius 2 is 1.76 bits per heavy atom. The van der Waals surface area contributed by atoms with E-state index in [1.807, 2.05) is 31.4 Å². The highest BCUT2D eigenvalue weighted by atomic mass is 35.5. The largest absolute Gasteiger partial charge is 0.480 e. The Balaban J connectivity index is 1.70. The van der Waals surface area contributed by atoms with Crippen LogP contribution in [-0.4, -0.2) is 47.3 Å². The molecule has 0 bridgehead atoms. The van der Waals surface area contributed by atoms with Crippen LogP contribution in [0.1, 0.15) is 41.1 Å². The van der Waals surface area contributed by atoms with Gasteiger partial charge in [0, 0.05) is 36.0 Å². The van der Waals surface area contributed by atoms with Crippen molar-refractivity contribution in [2.75, 3.05) is 11.9 Å². The second kappa shape index (κ2) is 13.5. The molecule has 9 nitrogen and oxygen atoms in total. The van der Waals surface area contributed by atoms with E-state index in [-0.39, 0.29) is 41.0 Å². The maximum atomic E-state index is 13.2. The summed E-state index contributed by atoms with van der Waals surface area (Å²) < 4.78 is 30.1. The van der Waals surface area contributed by atoms with Crippen molar-refractivity contribution in [2.24, 2.45) is 5.92 Å². The predicted molar refractivity (Wildman–Crippen MR) is 150 cm³/mol. The van der Waals surface area contributed by atoms with Crippen molar-refractivity contribution in [3.05, 3.63) is 80.2 Å². The molecule has 3 N–H and O–H groups in total. The number of hydrogen-bond acceptors (Lipinski definition) is 6. The molecule has 1 aromatic carbocycles. The minimum Gasteiger partial charge on any atom is -0.480 e. The highest BCUT2D eigenvalue weighted by Gasteiger charge is 2.29. The molecule has 3 aromatic rings. The Kier molecular flexibility index (Phi) is 10.7. The van der Waals surface area contributed by atoms with Gasteiger partial charge in [-0.2, -0.15) is 17.4 Å². The van der Waals surface area contributed by atoms with Crippen molar-refractivity contribution in [3.8, 4) is 0 Å². The molecule has 0 fully saturated rings. The van der Waals surface area contributed by atoms with Crippen LogP contribution in [-0.2, 0) is 28.0 Å². The third-order valence-corrected chi connectivity index (χ3v) is 8.54. The molecular weight excluding hydrogens is 571 g/mol. The maximum Gasteiger partial charge on any atom is 0.322 e. The van der Waals surface area contributed by atoms with E-state index in [1.165, 1.54) is 28.0 Å². The smallest absolute Gasteiger partial charge is 0.322 e. The Hall–Kier alpha value is -2.54. The lowest BCUT2D eigenvalue weighted by Gasteiger charge is -2.25. The monoisotopic (exact) mass is 598 g/mol. The zero-order valence-electron chi connectivity index (χ0n) is 20.7. The van der Waals surface area contributed by atoms with E-state index in [0.29, 0.717) is 17.7 Å². The van der Waals surface area contributed by atoms with Crippen LogP contribution in [0.3, 0.4) is 0 Å². The Morgan fingerprint density at radius 1 is 1.11 bits per heavy atom. The number of nitrogens with one attached hydrogen (secondary N) is 2. The average Bonchev–Trinajstić information content (AvgIpc) is 3.35. The number of rotatable bonds is 13. The number of pyridine rings is 1. The molecule has 0 aliphatic carbocycles. The summed E-state index contributed by atoms with van der Waals surface area (Å²) in [6, 6.07) is 8.67. The van der Waals surface area contributed by atoms with Crippen LogP contribution in [0.25, 0.3) is 0 Å². The zero-order valence-corrected chi connectivity index (χ0v) is 23.9. The number of carbonyl (C=O) groups is 2. The fourth-order valence-corrected chi connectivity index (χ4v) is 6.16. The van der Waals surface area contributed by atoms with Crippen LogP contribution in [0.4, 0.5) is 5.69 Å². The number of halogens is 2. The first-order valence-corrected chi connectivity index (χ1v) is 14.8. The molecule has 0 saturated heterocycles. The topological polar surface area (TPSA) is 129 Å². The van der Waals surface area contributed by atoms with Crippen molar-refractivity contribution in [1.29, 1.82) is 0 Å². The van der Waals surface area contributed by atoms with Gasteiger partial charge in [0.1, 0.15) is 6.04 Å². The maximum absolute atomic E-state index is 13.2. The second-order valence-electron chi connectivity index (χ2n) is 8.94. The van der Waals surface area contributed by atoms with Gasteiger partial charge in [0.2, 0.25) is 0 Å². The molecule has 0 unspecified atom stereocenters. The van der Waals surface area contributed by atoms with Gasteiger partial charge in [-0.15, -0.1) is 11.3 Å². The molecular formula is C25H28Cl2N4O5S2. The molecule has 0 radical (unpaired) electrons. The Bertz CT molecular complexity index is 1330. The molecule has 1 atom stereocenters. The number of thiophene rings is 1. The number of carboxylic acids is 1. The van der Waals surface area contributed by atoms with Crippen LogP contribution >= 0.6 is 34.5 Å². The van der Waals surface area contributed by atoms with Gasteiger partial charge in [-0.05, 0) is 47.9 Å². The SMILES string of the molecule is CC(C)CCN(Cc1cccs1)S(=O)(=O)N[C@@H](Cc1ccc(NC(=O)c2c(Cl)cncc2Cl)cc1)C(=O)O. The lowest BCUT2D eigenvalue weighted by atomic mass is 10.1. The van der Waals surface area contributed by atoms with Gasteiger partial charge < -0.3 is 10.4 Å². The first kappa shape index (κ1) is 30.0. The minimum absolute atomic E-state index is 0.0809. The Morgan fingerprint density at radius 3 is 2.32 bits per heavy atom. The van der Waals surface area contributed by atoms with Gasteiger partial charge in [-0.3, -0.25) is 14.6 Å². The van der Waals surface area contributed by atoms with E-state index >= 15 is 0 Å². The fraction of sp³-hybridized carbons (Fsp3) is 0.320. The highest BCUT2D eigenvalue weighted by Crippen LogP contribution is 2.24. The van der Waals surface area contributed by atoms with Gasteiger partial charge in [-0.25, -0.2) is 0 Å². The molecule has 0 saturated carbocycles. The second-order valence-corrected chi connectivity index (χ2v) is 12.5. The van der Waals surface area contributed by atoms with Crippen molar-refractivity contribution < 1.29 is 23.1 Å². The molecule has 0 aliphatic rings. The number of benzene rings is 1. The van der Waals surface area contributed by atoms with E-state index < -0.39 is 28.1 Å². The van der Waals surface area contributed by atoms with Gasteiger partial charge in [0.05, 0.1) is 15.6 Å². The molecule has 204 valence electrons. The van der Waals surface area contributed by atoms with Crippen LogP contribution < -0.4 is 10.0 Å². The molecule has 38 heavy (non-hydrogen) atoms. The molecule has 3 rings (SSSR count). The number of amides is 1. The van der Waals surface area contributed by atoms with Crippen molar-refractivity contribution >= 4 is 62.3 Å². The molecule has 2 heterocycles. The lowest BCUT2D eigenvalue weighted by molar-refractivity contribution is -0.138. The van der Waals surface area contributed by atoms with Gasteiger partial charge in [-0.1, -0.05) is 55.2 Å². The van der Waals surface area contributed by atoms with Crippen molar-refractivity contribution in [3.63, 3.8) is 0 Å². The average molecular weight is 600 g/mol. The van der Waals surface area contributed by atoms with E-state index in [0.717, 1.165) is 4.88 Å². The first-order chi connectivity index (χ1) is 18.0. The summed E-state index contributed by atoms with van der Waals surface area (Å²) in [4.78, 5) is 29.2. The van der Waals surface area contributed by atoms with Crippen molar-refractivity contribution in [2.45, 2.75) is 39.3 Å². The van der Waals surface area contributed by atoms with Crippen molar-refractivity contribution in [1.82, 2.24) is 14.0 Å². The third kappa shape index (κ3) is 8.48. The molecule has 0 aliphatic heterocycles.